The van der Waals surface area contributed by atoms with E-state index < -0.39 is 10.8 Å². The molecule has 1 unspecified atom stereocenters. The number of carbonyl (C=O) groups excluding carboxylic acids is 2. The predicted molar refractivity (Wildman–Crippen MR) is 67.5 cm³/mol. The van der Waals surface area contributed by atoms with Crippen LogP contribution >= 0.6 is 11.8 Å². The smallest absolute Gasteiger partial charge is 0.347 e. The third-order valence-corrected chi connectivity index (χ3v) is 3.43. The number of hydrogen-bond donors (Lipinski definition) is 1. The van der Waals surface area contributed by atoms with E-state index in [1.165, 1.54) is 25.8 Å². The van der Waals surface area contributed by atoms with E-state index in [1.807, 2.05) is 18.2 Å². The van der Waals surface area contributed by atoms with Gasteiger partial charge in [-0.2, -0.15) is 0 Å². The number of nitrogens with one attached hydrogen (secondary N) is 1. The molecule has 0 saturated carbocycles. The van der Waals surface area contributed by atoms with Gasteiger partial charge in [-0.1, -0.05) is 30.3 Å². The van der Waals surface area contributed by atoms with Crippen LogP contribution in [0.25, 0.3) is 0 Å². The summed E-state index contributed by atoms with van der Waals surface area (Å²) >= 11 is 1.22. The zero-order chi connectivity index (χ0) is 12.9. The van der Waals surface area contributed by atoms with Gasteiger partial charge in [0.15, 0.2) is 0 Å². The van der Waals surface area contributed by atoms with Gasteiger partial charge in [0.25, 0.3) is 0 Å². The monoisotopic (exact) mass is 253 g/mol. The molecule has 0 heterocycles. The van der Waals surface area contributed by atoms with Crippen LogP contribution in [-0.4, -0.2) is 25.2 Å². The highest BCUT2D eigenvalue weighted by atomic mass is 32.2. The van der Waals surface area contributed by atoms with E-state index in [9.17, 15) is 9.59 Å². The summed E-state index contributed by atoms with van der Waals surface area (Å²) in [6, 6.07) is 9.03. The summed E-state index contributed by atoms with van der Waals surface area (Å²) < 4.78 is 4.79. The van der Waals surface area contributed by atoms with E-state index >= 15 is 0 Å². The van der Waals surface area contributed by atoms with Gasteiger partial charge in [0.05, 0.1) is 7.11 Å². The Morgan fingerprint density at radius 1 is 1.29 bits per heavy atom. The molecule has 1 N–H and O–H groups in total. The molecule has 1 amide bonds. The van der Waals surface area contributed by atoms with Gasteiger partial charge in [0.2, 0.25) is 10.8 Å². The fourth-order valence-electron chi connectivity index (χ4n) is 1.56. The number of methoxy groups -OCH3 is 1. The fourth-order valence-corrected chi connectivity index (χ4v) is 2.43. The molecule has 0 fully saturated rings. The van der Waals surface area contributed by atoms with Crippen molar-refractivity contribution in [3.8, 4) is 0 Å². The minimum absolute atomic E-state index is 0.284. The first-order chi connectivity index (χ1) is 8.06. The van der Waals surface area contributed by atoms with Crippen LogP contribution in [0.3, 0.4) is 0 Å². The van der Waals surface area contributed by atoms with Crippen molar-refractivity contribution in [1.29, 1.82) is 0 Å². The van der Waals surface area contributed by atoms with E-state index in [0.29, 0.717) is 5.56 Å². The van der Waals surface area contributed by atoms with Crippen LogP contribution in [0.4, 0.5) is 0 Å². The Labute approximate surface area is 105 Å². The second-order valence-electron chi connectivity index (χ2n) is 3.42. The highest BCUT2D eigenvalue weighted by molar-refractivity contribution is 8.00. The topological polar surface area (TPSA) is 55.4 Å². The third-order valence-electron chi connectivity index (χ3n) is 2.31. The average Bonchev–Trinajstić information content (AvgIpc) is 2.35. The molecule has 1 atom stereocenters. The maximum absolute atomic E-state index is 11.9. The van der Waals surface area contributed by atoms with E-state index in [0.717, 1.165) is 0 Å². The molecule has 0 bridgehead atoms. The van der Waals surface area contributed by atoms with Crippen molar-refractivity contribution in [3.63, 3.8) is 0 Å². The molecule has 1 aromatic carbocycles. The summed E-state index contributed by atoms with van der Waals surface area (Å²) in [6.07, 6.45) is 1.75. The van der Waals surface area contributed by atoms with Crippen LogP contribution in [-0.2, 0) is 19.2 Å². The van der Waals surface area contributed by atoms with Gasteiger partial charge >= 0.3 is 5.97 Å². The summed E-state index contributed by atoms with van der Waals surface area (Å²) in [7, 11) is 1.30. The van der Waals surface area contributed by atoms with Crippen LogP contribution in [0.1, 0.15) is 12.5 Å². The Hall–Kier alpha value is -1.49. The Bertz CT molecular complexity index is 407. The normalized spacial score (nSPS) is 13.6. The second kappa shape index (κ2) is 5.72. The summed E-state index contributed by atoms with van der Waals surface area (Å²) in [6.45, 7) is 1.37. The van der Waals surface area contributed by atoms with Gasteiger partial charge in [-0.3, -0.25) is 4.79 Å². The van der Waals surface area contributed by atoms with Crippen molar-refractivity contribution >= 4 is 23.6 Å². The maximum atomic E-state index is 11.9. The van der Waals surface area contributed by atoms with E-state index in [2.05, 4.69) is 5.32 Å². The molecule has 5 heteroatoms. The molecular formula is C12H15NO3S. The second-order valence-corrected chi connectivity index (χ2v) is 4.44. The number of carbonyl (C=O) groups is 2. The van der Waals surface area contributed by atoms with Crippen LogP contribution in [0, 0.1) is 0 Å². The lowest BCUT2D eigenvalue weighted by atomic mass is 10.1. The van der Waals surface area contributed by atoms with Crippen molar-refractivity contribution in [1.82, 2.24) is 5.32 Å². The van der Waals surface area contributed by atoms with Crippen LogP contribution < -0.4 is 5.32 Å². The summed E-state index contributed by atoms with van der Waals surface area (Å²) in [5.74, 6) is -0.778. The molecule has 0 aliphatic rings. The van der Waals surface area contributed by atoms with Gasteiger partial charge in [-0.15, -0.1) is 11.8 Å². The fraction of sp³-hybridized carbons (Fsp3) is 0.333. The lowest BCUT2D eigenvalue weighted by molar-refractivity contribution is -0.146. The highest BCUT2D eigenvalue weighted by Crippen LogP contribution is 2.33. The zero-order valence-electron chi connectivity index (χ0n) is 10.0. The standard InChI is InChI=1S/C12H15NO3S/c1-9(14)13-12(17-3,11(15)16-2)10-7-5-4-6-8-10/h4-8H,1-3H3,(H,13,14). The maximum Gasteiger partial charge on any atom is 0.347 e. The molecular weight excluding hydrogens is 238 g/mol. The van der Waals surface area contributed by atoms with Gasteiger partial charge < -0.3 is 10.1 Å². The lowest BCUT2D eigenvalue weighted by Crippen LogP contribution is -2.49. The molecule has 0 aromatic heterocycles. The summed E-state index contributed by atoms with van der Waals surface area (Å²) in [4.78, 5) is 22.0. The Kier molecular flexibility index (Phi) is 4.57. The van der Waals surface area contributed by atoms with Crippen molar-refractivity contribution in [3.05, 3.63) is 35.9 Å². The molecule has 0 saturated heterocycles. The number of hydrogen-bond acceptors (Lipinski definition) is 4. The van der Waals surface area contributed by atoms with Gasteiger partial charge in [0.1, 0.15) is 0 Å². The van der Waals surface area contributed by atoms with Crippen LogP contribution in [0.2, 0.25) is 0 Å². The first kappa shape index (κ1) is 13.6. The number of rotatable bonds is 4. The number of benzene rings is 1. The Morgan fingerprint density at radius 3 is 2.29 bits per heavy atom. The molecule has 1 rings (SSSR count). The Morgan fingerprint density at radius 2 is 1.88 bits per heavy atom. The number of thioether (sulfide) groups is 1. The largest absolute Gasteiger partial charge is 0.466 e. The summed E-state index contributed by atoms with van der Waals surface area (Å²) in [5.41, 5.74) is 0.689. The SMILES string of the molecule is COC(=O)C(NC(C)=O)(SC)c1ccccc1. The lowest BCUT2D eigenvalue weighted by Gasteiger charge is -2.30. The number of amides is 1. The molecule has 0 spiro atoms. The quantitative estimate of drug-likeness (QED) is 0.653. The third kappa shape index (κ3) is 2.79. The van der Waals surface area contributed by atoms with Gasteiger partial charge in [-0.25, -0.2) is 4.79 Å². The van der Waals surface area contributed by atoms with Crippen LogP contribution in [0.15, 0.2) is 30.3 Å². The molecule has 4 nitrogen and oxygen atoms in total. The average molecular weight is 253 g/mol. The van der Waals surface area contributed by atoms with Gasteiger partial charge in [-0.05, 0) is 11.8 Å². The van der Waals surface area contributed by atoms with Crippen molar-refractivity contribution < 1.29 is 14.3 Å². The Balaban J connectivity index is 3.25. The van der Waals surface area contributed by atoms with Gasteiger partial charge in [0, 0.05) is 6.92 Å². The van der Waals surface area contributed by atoms with E-state index in [-0.39, 0.29) is 5.91 Å². The number of ether oxygens (including phenoxy) is 1. The molecule has 17 heavy (non-hydrogen) atoms. The summed E-state index contributed by atoms with van der Waals surface area (Å²) in [5, 5.41) is 2.66. The van der Waals surface area contributed by atoms with E-state index in [1.54, 1.807) is 18.4 Å². The molecule has 0 aliphatic carbocycles. The molecule has 1 aromatic rings. The van der Waals surface area contributed by atoms with E-state index in [4.69, 9.17) is 4.74 Å². The first-order valence-electron chi connectivity index (χ1n) is 5.04. The zero-order valence-corrected chi connectivity index (χ0v) is 10.8. The molecule has 0 aliphatic heterocycles. The predicted octanol–water partition coefficient (Wildman–Crippen LogP) is 1.51. The minimum atomic E-state index is -1.18. The highest BCUT2D eigenvalue weighted by Gasteiger charge is 2.41. The van der Waals surface area contributed by atoms with Crippen LogP contribution in [0.5, 0.6) is 0 Å². The molecule has 92 valence electrons. The molecule has 0 radical (unpaired) electrons. The van der Waals surface area contributed by atoms with Crippen molar-refractivity contribution in [2.75, 3.05) is 13.4 Å². The first-order valence-corrected chi connectivity index (χ1v) is 6.27. The minimum Gasteiger partial charge on any atom is -0.466 e. The van der Waals surface area contributed by atoms with Crippen molar-refractivity contribution in [2.45, 2.75) is 11.8 Å². The van der Waals surface area contributed by atoms with Crippen molar-refractivity contribution in [2.24, 2.45) is 0 Å². The number of esters is 1.